The van der Waals surface area contributed by atoms with Crippen LogP contribution in [0.25, 0.3) is 10.9 Å². The lowest BCUT2D eigenvalue weighted by Crippen LogP contribution is -2.38. The number of carbonyl (C=O) groups excluding carboxylic acids is 1. The average molecular weight is 257 g/mol. The number of pyridine rings is 1. The molecule has 2 N–H and O–H groups in total. The van der Waals surface area contributed by atoms with Crippen molar-refractivity contribution in [2.45, 2.75) is 12.5 Å². The Kier molecular flexibility index (Phi) is 3.29. The quantitative estimate of drug-likeness (QED) is 0.866. The van der Waals surface area contributed by atoms with Crippen LogP contribution in [-0.2, 0) is 4.74 Å². The summed E-state index contributed by atoms with van der Waals surface area (Å²) in [5.41, 5.74) is 1.63. The molecule has 0 aliphatic carbocycles. The van der Waals surface area contributed by atoms with Crippen LogP contribution in [0.5, 0.6) is 0 Å². The summed E-state index contributed by atoms with van der Waals surface area (Å²) in [6.07, 6.45) is 2.60. The van der Waals surface area contributed by atoms with E-state index < -0.39 is 0 Å². The monoisotopic (exact) mass is 257 g/mol. The minimum atomic E-state index is -0.202. The Morgan fingerprint density at radius 3 is 3.11 bits per heavy atom. The lowest BCUT2D eigenvalue weighted by atomic mass is 10.2. The van der Waals surface area contributed by atoms with Crippen molar-refractivity contribution in [3.8, 4) is 0 Å². The van der Waals surface area contributed by atoms with Crippen LogP contribution in [0.15, 0.2) is 36.5 Å². The Morgan fingerprint density at radius 1 is 1.32 bits per heavy atom. The van der Waals surface area contributed by atoms with Gasteiger partial charge < -0.3 is 15.4 Å². The van der Waals surface area contributed by atoms with Crippen molar-refractivity contribution in [1.29, 1.82) is 0 Å². The van der Waals surface area contributed by atoms with Crippen LogP contribution in [0.3, 0.4) is 0 Å². The number of hydrogen-bond donors (Lipinski definition) is 2. The van der Waals surface area contributed by atoms with Gasteiger partial charge in [0.25, 0.3) is 0 Å². The number of rotatable bonds is 2. The van der Waals surface area contributed by atoms with Crippen LogP contribution in [-0.4, -0.2) is 30.3 Å². The van der Waals surface area contributed by atoms with Crippen LogP contribution in [0.2, 0.25) is 0 Å². The van der Waals surface area contributed by atoms with E-state index in [2.05, 4.69) is 15.6 Å². The molecule has 19 heavy (non-hydrogen) atoms. The lowest BCUT2D eigenvalue weighted by Gasteiger charge is -2.13. The molecule has 1 aliphatic heterocycles. The van der Waals surface area contributed by atoms with E-state index in [-0.39, 0.29) is 12.1 Å². The molecule has 3 rings (SSSR count). The smallest absolute Gasteiger partial charge is 0.319 e. The Hall–Kier alpha value is -2.14. The van der Waals surface area contributed by atoms with Gasteiger partial charge in [-0.2, -0.15) is 0 Å². The summed E-state index contributed by atoms with van der Waals surface area (Å²) >= 11 is 0. The molecule has 5 nitrogen and oxygen atoms in total. The number of aromatic nitrogens is 1. The number of nitrogens with one attached hydrogen (secondary N) is 2. The second kappa shape index (κ2) is 5.24. The van der Waals surface area contributed by atoms with Crippen molar-refractivity contribution in [1.82, 2.24) is 10.3 Å². The number of hydrogen-bond acceptors (Lipinski definition) is 3. The minimum Gasteiger partial charge on any atom is -0.379 e. The fraction of sp³-hybridized carbons (Fsp3) is 0.286. The molecule has 1 fully saturated rings. The largest absolute Gasteiger partial charge is 0.379 e. The van der Waals surface area contributed by atoms with Gasteiger partial charge in [0.05, 0.1) is 23.9 Å². The number of benzene rings is 1. The standard InChI is InChI=1S/C14H15N3O2/c18-14(16-10-6-8-19-9-10)17-13-5-1-4-12-11(13)3-2-7-15-12/h1-5,7,10H,6,8-9H2,(H2,16,17,18). The highest BCUT2D eigenvalue weighted by molar-refractivity contribution is 6.00. The van der Waals surface area contributed by atoms with Crippen molar-refractivity contribution in [2.75, 3.05) is 18.5 Å². The molecule has 98 valence electrons. The Bertz CT molecular complexity index is 589. The van der Waals surface area contributed by atoms with E-state index in [1.165, 1.54) is 0 Å². The summed E-state index contributed by atoms with van der Waals surface area (Å²) < 4.78 is 5.23. The van der Waals surface area contributed by atoms with E-state index in [9.17, 15) is 4.79 Å². The van der Waals surface area contributed by atoms with Crippen LogP contribution in [0.1, 0.15) is 6.42 Å². The molecular formula is C14H15N3O2. The molecule has 0 spiro atoms. The second-order valence-corrected chi connectivity index (χ2v) is 4.53. The molecule has 1 aromatic heterocycles. The maximum absolute atomic E-state index is 11.9. The number of fused-ring (bicyclic) bond motifs is 1. The highest BCUT2D eigenvalue weighted by Crippen LogP contribution is 2.21. The van der Waals surface area contributed by atoms with Gasteiger partial charge in [-0.15, -0.1) is 0 Å². The van der Waals surface area contributed by atoms with Gasteiger partial charge in [0, 0.05) is 18.2 Å². The molecule has 1 atom stereocenters. The first-order valence-corrected chi connectivity index (χ1v) is 6.32. The zero-order valence-corrected chi connectivity index (χ0v) is 10.4. The number of amides is 2. The molecule has 5 heteroatoms. The first-order chi connectivity index (χ1) is 9.33. The molecule has 2 heterocycles. The van der Waals surface area contributed by atoms with E-state index in [4.69, 9.17) is 4.74 Å². The second-order valence-electron chi connectivity index (χ2n) is 4.53. The van der Waals surface area contributed by atoms with Crippen molar-refractivity contribution >= 4 is 22.6 Å². The summed E-state index contributed by atoms with van der Waals surface area (Å²) in [7, 11) is 0. The van der Waals surface area contributed by atoms with Gasteiger partial charge in [0.1, 0.15) is 0 Å². The van der Waals surface area contributed by atoms with Crippen molar-refractivity contribution in [2.24, 2.45) is 0 Å². The van der Waals surface area contributed by atoms with E-state index in [0.717, 1.165) is 23.0 Å². The third-order valence-corrected chi connectivity index (χ3v) is 3.16. The minimum absolute atomic E-state index is 0.105. The topological polar surface area (TPSA) is 63.2 Å². The predicted molar refractivity (Wildman–Crippen MR) is 73.1 cm³/mol. The number of nitrogens with zero attached hydrogens (tertiary/aromatic N) is 1. The summed E-state index contributed by atoms with van der Waals surface area (Å²) in [4.78, 5) is 16.2. The molecule has 0 radical (unpaired) electrons. The lowest BCUT2D eigenvalue weighted by molar-refractivity contribution is 0.189. The third-order valence-electron chi connectivity index (χ3n) is 3.16. The van der Waals surface area contributed by atoms with E-state index in [1.54, 1.807) is 6.20 Å². The van der Waals surface area contributed by atoms with Gasteiger partial charge in [-0.05, 0) is 30.7 Å². The van der Waals surface area contributed by atoms with Crippen molar-refractivity contribution in [3.05, 3.63) is 36.5 Å². The molecule has 1 unspecified atom stereocenters. The van der Waals surface area contributed by atoms with Crippen LogP contribution in [0.4, 0.5) is 10.5 Å². The number of urea groups is 1. The normalized spacial score (nSPS) is 18.4. The molecular weight excluding hydrogens is 242 g/mol. The number of ether oxygens (including phenoxy) is 1. The average Bonchev–Trinajstić information content (AvgIpc) is 2.92. The van der Waals surface area contributed by atoms with Crippen molar-refractivity contribution in [3.63, 3.8) is 0 Å². The summed E-state index contributed by atoms with van der Waals surface area (Å²) in [6, 6.07) is 9.37. The van der Waals surface area contributed by atoms with Gasteiger partial charge in [-0.25, -0.2) is 4.79 Å². The molecule has 2 amide bonds. The highest BCUT2D eigenvalue weighted by Gasteiger charge is 2.17. The zero-order chi connectivity index (χ0) is 13.1. The van der Waals surface area contributed by atoms with Gasteiger partial charge in [-0.1, -0.05) is 6.07 Å². The molecule has 2 aromatic rings. The first kappa shape index (κ1) is 11.9. The number of anilines is 1. The van der Waals surface area contributed by atoms with E-state index in [0.29, 0.717) is 13.2 Å². The molecule has 0 saturated carbocycles. The van der Waals surface area contributed by atoms with Gasteiger partial charge >= 0.3 is 6.03 Å². The summed E-state index contributed by atoms with van der Waals surface area (Å²) in [5.74, 6) is 0. The SMILES string of the molecule is O=C(Nc1cccc2ncccc12)NC1CCOC1. The number of carbonyl (C=O) groups is 1. The van der Waals surface area contributed by atoms with Crippen LogP contribution >= 0.6 is 0 Å². The van der Waals surface area contributed by atoms with Crippen molar-refractivity contribution < 1.29 is 9.53 Å². The summed E-state index contributed by atoms with van der Waals surface area (Å²) in [6.45, 7) is 1.30. The fourth-order valence-corrected chi connectivity index (χ4v) is 2.20. The molecule has 0 bridgehead atoms. The Morgan fingerprint density at radius 2 is 2.26 bits per heavy atom. The third kappa shape index (κ3) is 2.66. The molecule has 1 saturated heterocycles. The maximum Gasteiger partial charge on any atom is 0.319 e. The van der Waals surface area contributed by atoms with Crippen LogP contribution < -0.4 is 10.6 Å². The van der Waals surface area contributed by atoms with E-state index in [1.807, 2.05) is 30.3 Å². The first-order valence-electron chi connectivity index (χ1n) is 6.32. The van der Waals surface area contributed by atoms with Gasteiger partial charge in [0.2, 0.25) is 0 Å². The van der Waals surface area contributed by atoms with E-state index >= 15 is 0 Å². The zero-order valence-electron chi connectivity index (χ0n) is 10.4. The highest BCUT2D eigenvalue weighted by atomic mass is 16.5. The Balaban J connectivity index is 1.75. The maximum atomic E-state index is 11.9. The predicted octanol–water partition coefficient (Wildman–Crippen LogP) is 2.15. The molecule has 1 aliphatic rings. The van der Waals surface area contributed by atoms with Crippen LogP contribution in [0, 0.1) is 0 Å². The fourth-order valence-electron chi connectivity index (χ4n) is 2.20. The summed E-state index contributed by atoms with van der Waals surface area (Å²) in [5, 5.41) is 6.70. The van der Waals surface area contributed by atoms with Gasteiger partial charge in [-0.3, -0.25) is 4.98 Å². The molecule has 1 aromatic carbocycles. The Labute approximate surface area is 111 Å². The van der Waals surface area contributed by atoms with Gasteiger partial charge in [0.15, 0.2) is 0 Å².